The smallest absolute Gasteiger partial charge is 0.310 e. The summed E-state index contributed by atoms with van der Waals surface area (Å²) in [6.45, 7) is 0.00586. The van der Waals surface area contributed by atoms with E-state index >= 15 is 0 Å². The van der Waals surface area contributed by atoms with Crippen LogP contribution >= 0.6 is 0 Å². The van der Waals surface area contributed by atoms with Crippen molar-refractivity contribution >= 4 is 11.7 Å². The van der Waals surface area contributed by atoms with Crippen molar-refractivity contribution in [3.05, 3.63) is 59.7 Å². The first kappa shape index (κ1) is 13.0. The number of pyridine rings is 1. The molecule has 1 aromatic carbocycles. The van der Waals surface area contributed by atoms with Crippen LogP contribution in [-0.2, 0) is 22.6 Å². The third kappa shape index (κ3) is 4.06. The third-order valence-electron chi connectivity index (χ3n) is 2.46. The van der Waals surface area contributed by atoms with E-state index in [-0.39, 0.29) is 13.0 Å². The molecule has 2 rings (SSSR count). The maximum atomic E-state index is 12.9. The van der Waals surface area contributed by atoms with Crippen molar-refractivity contribution < 1.29 is 13.9 Å². The molecule has 0 saturated carbocycles. The lowest BCUT2D eigenvalue weighted by Gasteiger charge is -2.05. The molecule has 2 aromatic rings. The molecule has 19 heavy (non-hydrogen) atoms. The Balaban J connectivity index is 1.88. The van der Waals surface area contributed by atoms with Crippen molar-refractivity contribution in [1.82, 2.24) is 4.98 Å². The highest BCUT2D eigenvalue weighted by atomic mass is 19.1. The van der Waals surface area contributed by atoms with Crippen LogP contribution < -0.4 is 5.73 Å². The van der Waals surface area contributed by atoms with Gasteiger partial charge in [-0.05, 0) is 23.8 Å². The molecule has 0 unspecified atom stereocenters. The van der Waals surface area contributed by atoms with Gasteiger partial charge in [0.2, 0.25) is 0 Å². The SMILES string of the molecule is Nc1cccc(CC(=O)OCc2cncc(F)c2)c1. The standard InChI is InChI=1S/C14H13FN2O2/c15-12-4-11(7-17-8-12)9-19-14(18)6-10-2-1-3-13(16)5-10/h1-5,7-8H,6,9,16H2. The zero-order valence-electron chi connectivity index (χ0n) is 10.2. The Kier molecular flexibility index (Phi) is 4.07. The Labute approximate surface area is 110 Å². The Hall–Kier alpha value is -2.43. The molecule has 1 heterocycles. The highest BCUT2D eigenvalue weighted by Crippen LogP contribution is 2.09. The summed E-state index contributed by atoms with van der Waals surface area (Å²) in [5, 5.41) is 0. The number of rotatable bonds is 4. The second kappa shape index (κ2) is 5.95. The fraction of sp³-hybridized carbons (Fsp3) is 0.143. The molecule has 0 saturated heterocycles. The molecule has 0 aliphatic heterocycles. The number of ether oxygens (including phenoxy) is 1. The van der Waals surface area contributed by atoms with Crippen LogP contribution in [0.4, 0.5) is 10.1 Å². The molecule has 0 atom stereocenters. The molecule has 0 aliphatic rings. The molecular formula is C14H13FN2O2. The first-order valence-corrected chi connectivity index (χ1v) is 5.73. The summed E-state index contributed by atoms with van der Waals surface area (Å²) in [6, 6.07) is 8.30. The van der Waals surface area contributed by atoms with Gasteiger partial charge in [-0.2, -0.15) is 0 Å². The van der Waals surface area contributed by atoms with Gasteiger partial charge in [0.25, 0.3) is 0 Å². The van der Waals surface area contributed by atoms with Crippen molar-refractivity contribution in [3.8, 4) is 0 Å². The first-order chi connectivity index (χ1) is 9.13. The van der Waals surface area contributed by atoms with Gasteiger partial charge in [-0.25, -0.2) is 4.39 Å². The van der Waals surface area contributed by atoms with E-state index in [4.69, 9.17) is 10.5 Å². The molecule has 0 spiro atoms. The van der Waals surface area contributed by atoms with Gasteiger partial charge in [0, 0.05) is 17.4 Å². The lowest BCUT2D eigenvalue weighted by atomic mass is 10.1. The van der Waals surface area contributed by atoms with Crippen molar-refractivity contribution in [2.45, 2.75) is 13.0 Å². The normalized spacial score (nSPS) is 10.2. The molecule has 0 aliphatic carbocycles. The van der Waals surface area contributed by atoms with Gasteiger partial charge in [-0.1, -0.05) is 12.1 Å². The number of aromatic nitrogens is 1. The lowest BCUT2D eigenvalue weighted by molar-refractivity contribution is -0.144. The van der Waals surface area contributed by atoms with E-state index in [1.807, 2.05) is 0 Å². The minimum absolute atomic E-state index is 0.00586. The number of nitrogens with two attached hydrogens (primary N) is 1. The van der Waals surface area contributed by atoms with Crippen molar-refractivity contribution in [2.75, 3.05) is 5.73 Å². The summed E-state index contributed by atoms with van der Waals surface area (Å²) in [4.78, 5) is 15.3. The summed E-state index contributed by atoms with van der Waals surface area (Å²) in [6.07, 6.45) is 2.68. The molecule has 2 N–H and O–H groups in total. The van der Waals surface area contributed by atoms with E-state index < -0.39 is 11.8 Å². The Morgan fingerprint density at radius 1 is 1.26 bits per heavy atom. The summed E-state index contributed by atoms with van der Waals surface area (Å²) >= 11 is 0. The maximum absolute atomic E-state index is 12.9. The average molecular weight is 260 g/mol. The van der Waals surface area contributed by atoms with Gasteiger partial charge in [-0.3, -0.25) is 9.78 Å². The van der Waals surface area contributed by atoms with Gasteiger partial charge in [-0.15, -0.1) is 0 Å². The van der Waals surface area contributed by atoms with E-state index in [0.717, 1.165) is 11.8 Å². The quantitative estimate of drug-likeness (QED) is 0.675. The van der Waals surface area contributed by atoms with Gasteiger partial charge in [0.05, 0.1) is 12.6 Å². The molecule has 0 radical (unpaired) electrons. The monoisotopic (exact) mass is 260 g/mol. The number of halogens is 1. The largest absolute Gasteiger partial charge is 0.460 e. The number of carbonyl (C=O) groups excluding carboxylic acids is 1. The van der Waals surface area contributed by atoms with Crippen molar-refractivity contribution in [2.24, 2.45) is 0 Å². The molecule has 4 nitrogen and oxygen atoms in total. The van der Waals surface area contributed by atoms with Crippen LogP contribution in [0.25, 0.3) is 0 Å². The summed E-state index contributed by atoms with van der Waals surface area (Å²) in [5.41, 5.74) is 7.51. The third-order valence-corrected chi connectivity index (χ3v) is 2.46. The van der Waals surface area contributed by atoms with Gasteiger partial charge >= 0.3 is 5.97 Å². The molecular weight excluding hydrogens is 247 g/mol. The van der Waals surface area contributed by atoms with E-state index in [9.17, 15) is 9.18 Å². The minimum Gasteiger partial charge on any atom is -0.460 e. The average Bonchev–Trinajstić information content (AvgIpc) is 2.36. The number of carbonyl (C=O) groups is 1. The second-order valence-electron chi connectivity index (χ2n) is 4.09. The van der Waals surface area contributed by atoms with Crippen LogP contribution in [0.2, 0.25) is 0 Å². The van der Waals surface area contributed by atoms with Crippen molar-refractivity contribution in [1.29, 1.82) is 0 Å². The van der Waals surface area contributed by atoms with E-state index in [1.54, 1.807) is 24.3 Å². The van der Waals surface area contributed by atoms with Crippen LogP contribution in [0.1, 0.15) is 11.1 Å². The molecule has 0 bridgehead atoms. The first-order valence-electron chi connectivity index (χ1n) is 5.73. The Bertz CT molecular complexity index is 587. The molecule has 98 valence electrons. The number of esters is 1. The van der Waals surface area contributed by atoms with Crippen molar-refractivity contribution in [3.63, 3.8) is 0 Å². The molecule has 1 aromatic heterocycles. The topological polar surface area (TPSA) is 65.2 Å². The number of benzene rings is 1. The lowest BCUT2D eigenvalue weighted by Crippen LogP contribution is -2.08. The van der Waals surface area contributed by atoms with E-state index in [2.05, 4.69) is 4.98 Å². The Morgan fingerprint density at radius 2 is 2.11 bits per heavy atom. The van der Waals surface area contributed by atoms with Crippen LogP contribution in [0.5, 0.6) is 0 Å². The van der Waals surface area contributed by atoms with Gasteiger partial charge in [0.1, 0.15) is 12.4 Å². The zero-order valence-corrected chi connectivity index (χ0v) is 10.2. The maximum Gasteiger partial charge on any atom is 0.310 e. The predicted octanol–water partition coefficient (Wildman–Crippen LogP) is 2.09. The molecule has 0 amide bonds. The highest BCUT2D eigenvalue weighted by Gasteiger charge is 2.06. The highest BCUT2D eigenvalue weighted by molar-refractivity contribution is 5.73. The minimum atomic E-state index is -0.454. The number of anilines is 1. The van der Waals surface area contributed by atoms with Crippen LogP contribution in [0.15, 0.2) is 42.7 Å². The fourth-order valence-electron chi connectivity index (χ4n) is 1.62. The number of nitrogen functional groups attached to an aromatic ring is 1. The summed E-state index contributed by atoms with van der Waals surface area (Å²) in [7, 11) is 0. The van der Waals surface area contributed by atoms with Crippen LogP contribution in [0, 0.1) is 5.82 Å². The van der Waals surface area contributed by atoms with E-state index in [0.29, 0.717) is 11.3 Å². The molecule has 0 fully saturated rings. The van der Waals surface area contributed by atoms with Crippen LogP contribution in [0.3, 0.4) is 0 Å². The van der Waals surface area contributed by atoms with Crippen LogP contribution in [-0.4, -0.2) is 11.0 Å². The predicted molar refractivity (Wildman–Crippen MR) is 68.5 cm³/mol. The second-order valence-corrected chi connectivity index (χ2v) is 4.09. The van der Waals surface area contributed by atoms with E-state index in [1.165, 1.54) is 12.3 Å². The Morgan fingerprint density at radius 3 is 2.84 bits per heavy atom. The van der Waals surface area contributed by atoms with Gasteiger partial charge < -0.3 is 10.5 Å². The number of hydrogen-bond donors (Lipinski definition) is 1. The van der Waals surface area contributed by atoms with Gasteiger partial charge in [0.15, 0.2) is 0 Å². The number of nitrogens with zero attached hydrogens (tertiary/aromatic N) is 1. The fourth-order valence-corrected chi connectivity index (χ4v) is 1.62. The summed E-state index contributed by atoms with van der Waals surface area (Å²) < 4.78 is 17.9. The summed E-state index contributed by atoms with van der Waals surface area (Å²) in [5.74, 6) is -0.848. The number of hydrogen-bond acceptors (Lipinski definition) is 4. The zero-order chi connectivity index (χ0) is 13.7. The molecule has 5 heteroatoms.